The minimum absolute atomic E-state index is 0.0525. The fourth-order valence-corrected chi connectivity index (χ4v) is 1.74. The van der Waals surface area contributed by atoms with Crippen molar-refractivity contribution in [3.8, 4) is 0 Å². The monoisotopic (exact) mass is 283 g/mol. The second-order valence-corrected chi connectivity index (χ2v) is 4.94. The van der Waals surface area contributed by atoms with Crippen LogP contribution in [0.2, 0.25) is 0 Å². The molecule has 7 nitrogen and oxygen atoms in total. The van der Waals surface area contributed by atoms with Crippen LogP contribution in [0.3, 0.4) is 0 Å². The second-order valence-electron chi connectivity index (χ2n) is 4.94. The van der Waals surface area contributed by atoms with Crippen LogP contribution in [0.4, 0.5) is 5.82 Å². The Morgan fingerprint density at radius 2 is 2.25 bits per heavy atom. The Hall–Kier alpha value is -1.89. The first-order valence-corrected chi connectivity index (χ1v) is 6.49. The maximum atomic E-state index is 12.2. The van der Waals surface area contributed by atoms with E-state index in [1.807, 2.05) is 13.8 Å². The molecule has 0 radical (unpaired) electrons. The van der Waals surface area contributed by atoms with Gasteiger partial charge in [0.15, 0.2) is 5.82 Å². The molecule has 0 aliphatic carbocycles. The minimum Gasteiger partial charge on any atom is -0.480 e. The Labute approximate surface area is 117 Å². The van der Waals surface area contributed by atoms with Gasteiger partial charge in [0.2, 0.25) is 0 Å². The van der Waals surface area contributed by atoms with Crippen LogP contribution in [0.5, 0.6) is 0 Å². The first kappa shape index (κ1) is 16.2. The van der Waals surface area contributed by atoms with Gasteiger partial charge in [-0.05, 0) is 5.92 Å². The van der Waals surface area contributed by atoms with Gasteiger partial charge in [-0.3, -0.25) is 4.79 Å². The van der Waals surface area contributed by atoms with Gasteiger partial charge in [-0.2, -0.15) is 0 Å². The summed E-state index contributed by atoms with van der Waals surface area (Å²) in [6.07, 6.45) is 3.34. The predicted octanol–water partition coefficient (Wildman–Crippen LogP) is 0.801. The molecule has 0 aromatic carbocycles. The van der Waals surface area contributed by atoms with Crippen molar-refractivity contribution in [1.29, 1.82) is 0 Å². The summed E-state index contributed by atoms with van der Waals surface area (Å²) in [6, 6.07) is -0.898. The SMILES string of the molecule is COCCC(Nc1nccn(CC(C)C)c1=O)C(=O)O. The quantitative estimate of drug-likeness (QED) is 0.733. The van der Waals surface area contributed by atoms with Crippen LogP contribution in [0.25, 0.3) is 0 Å². The van der Waals surface area contributed by atoms with E-state index in [-0.39, 0.29) is 24.4 Å². The molecule has 0 aliphatic rings. The minimum atomic E-state index is -1.04. The molecule has 1 rings (SSSR count). The maximum absolute atomic E-state index is 12.2. The summed E-state index contributed by atoms with van der Waals surface area (Å²) < 4.78 is 6.38. The number of rotatable bonds is 8. The number of carbonyl (C=O) groups is 1. The lowest BCUT2D eigenvalue weighted by atomic mass is 10.2. The molecule has 0 saturated heterocycles. The average molecular weight is 283 g/mol. The van der Waals surface area contributed by atoms with Crippen LogP contribution in [0, 0.1) is 5.92 Å². The number of carboxylic acid groups (broad SMARTS) is 1. The third kappa shape index (κ3) is 4.65. The number of aromatic nitrogens is 2. The van der Waals surface area contributed by atoms with Gasteiger partial charge in [0, 0.05) is 39.1 Å². The number of anilines is 1. The number of aliphatic carboxylic acids is 1. The molecule has 0 spiro atoms. The van der Waals surface area contributed by atoms with Gasteiger partial charge in [0.25, 0.3) is 5.56 Å². The number of nitrogens with zero attached hydrogens (tertiary/aromatic N) is 2. The van der Waals surface area contributed by atoms with Gasteiger partial charge in [0.1, 0.15) is 6.04 Å². The first-order valence-electron chi connectivity index (χ1n) is 6.49. The summed E-state index contributed by atoms with van der Waals surface area (Å²) in [5.41, 5.74) is -0.315. The summed E-state index contributed by atoms with van der Waals surface area (Å²) in [4.78, 5) is 27.2. The summed E-state index contributed by atoms with van der Waals surface area (Å²) in [5.74, 6) is -0.675. The van der Waals surface area contributed by atoms with Crippen LogP contribution in [0.1, 0.15) is 20.3 Å². The Morgan fingerprint density at radius 3 is 2.80 bits per heavy atom. The molecule has 1 aromatic rings. The normalized spacial score (nSPS) is 12.4. The molecule has 0 saturated carbocycles. The van der Waals surface area contributed by atoms with Crippen molar-refractivity contribution in [3.05, 3.63) is 22.7 Å². The summed E-state index contributed by atoms with van der Waals surface area (Å²) in [6.45, 7) is 4.85. The Bertz CT molecular complexity index is 499. The Balaban J connectivity index is 2.90. The molecule has 0 bridgehead atoms. The lowest BCUT2D eigenvalue weighted by Crippen LogP contribution is -2.35. The molecule has 20 heavy (non-hydrogen) atoms. The van der Waals surface area contributed by atoms with E-state index in [1.165, 1.54) is 17.9 Å². The molecule has 0 fully saturated rings. The zero-order valence-electron chi connectivity index (χ0n) is 12.0. The fraction of sp³-hybridized carbons (Fsp3) is 0.615. The molecule has 1 unspecified atom stereocenters. The number of nitrogens with one attached hydrogen (secondary N) is 1. The molecule has 1 atom stereocenters. The molecule has 112 valence electrons. The number of hydrogen-bond donors (Lipinski definition) is 2. The molecule has 1 heterocycles. The molecule has 0 aliphatic heterocycles. The van der Waals surface area contributed by atoms with E-state index in [4.69, 9.17) is 9.84 Å². The van der Waals surface area contributed by atoms with Crippen molar-refractivity contribution in [3.63, 3.8) is 0 Å². The smallest absolute Gasteiger partial charge is 0.326 e. The highest BCUT2D eigenvalue weighted by molar-refractivity contribution is 5.76. The predicted molar refractivity (Wildman–Crippen MR) is 74.9 cm³/mol. The molecule has 7 heteroatoms. The third-order valence-electron chi connectivity index (χ3n) is 2.70. The molecule has 2 N–H and O–H groups in total. The number of hydrogen-bond acceptors (Lipinski definition) is 5. The van der Waals surface area contributed by atoms with Crippen molar-refractivity contribution < 1.29 is 14.6 Å². The Morgan fingerprint density at radius 1 is 1.55 bits per heavy atom. The van der Waals surface area contributed by atoms with Gasteiger partial charge in [-0.25, -0.2) is 9.78 Å². The third-order valence-corrected chi connectivity index (χ3v) is 2.70. The fourth-order valence-electron chi connectivity index (χ4n) is 1.74. The number of methoxy groups -OCH3 is 1. The van der Waals surface area contributed by atoms with E-state index in [0.29, 0.717) is 12.5 Å². The van der Waals surface area contributed by atoms with E-state index in [2.05, 4.69) is 10.3 Å². The van der Waals surface area contributed by atoms with Gasteiger partial charge in [0.05, 0.1) is 0 Å². The molecule has 1 aromatic heterocycles. The van der Waals surface area contributed by atoms with Crippen LogP contribution >= 0.6 is 0 Å². The lowest BCUT2D eigenvalue weighted by molar-refractivity contribution is -0.138. The van der Waals surface area contributed by atoms with Crippen molar-refractivity contribution in [2.45, 2.75) is 32.9 Å². The number of carboxylic acids is 1. The topological polar surface area (TPSA) is 93.5 Å². The highest BCUT2D eigenvalue weighted by Crippen LogP contribution is 2.03. The van der Waals surface area contributed by atoms with Gasteiger partial charge in [-0.15, -0.1) is 0 Å². The van der Waals surface area contributed by atoms with Crippen LogP contribution < -0.4 is 10.9 Å². The van der Waals surface area contributed by atoms with E-state index in [0.717, 1.165) is 0 Å². The van der Waals surface area contributed by atoms with Gasteiger partial charge < -0.3 is 19.7 Å². The first-order chi connectivity index (χ1) is 9.45. The highest BCUT2D eigenvalue weighted by atomic mass is 16.5. The van der Waals surface area contributed by atoms with Gasteiger partial charge >= 0.3 is 5.97 Å². The number of ether oxygens (including phenoxy) is 1. The van der Waals surface area contributed by atoms with Crippen molar-refractivity contribution in [2.24, 2.45) is 5.92 Å². The second kappa shape index (κ2) is 7.64. The molecular formula is C13H21N3O4. The van der Waals surface area contributed by atoms with E-state index in [9.17, 15) is 9.59 Å². The van der Waals surface area contributed by atoms with Crippen molar-refractivity contribution >= 4 is 11.8 Å². The molecule has 0 amide bonds. The highest BCUT2D eigenvalue weighted by Gasteiger charge is 2.19. The van der Waals surface area contributed by atoms with Crippen molar-refractivity contribution in [1.82, 2.24) is 9.55 Å². The van der Waals surface area contributed by atoms with E-state index >= 15 is 0 Å². The standard InChI is InChI=1S/C13H21N3O4/c1-9(2)8-16-6-5-14-11(12(16)17)15-10(13(18)19)4-7-20-3/h5-6,9-10H,4,7-8H2,1-3H3,(H,14,15)(H,18,19). The summed E-state index contributed by atoms with van der Waals surface area (Å²) >= 11 is 0. The average Bonchev–Trinajstić information content (AvgIpc) is 2.37. The van der Waals surface area contributed by atoms with Crippen LogP contribution in [-0.2, 0) is 16.1 Å². The summed E-state index contributed by atoms with van der Waals surface area (Å²) in [7, 11) is 1.50. The van der Waals surface area contributed by atoms with Gasteiger partial charge in [-0.1, -0.05) is 13.8 Å². The zero-order valence-corrected chi connectivity index (χ0v) is 12.0. The van der Waals surface area contributed by atoms with E-state index < -0.39 is 12.0 Å². The zero-order chi connectivity index (χ0) is 15.1. The summed E-state index contributed by atoms with van der Waals surface area (Å²) in [5, 5.41) is 11.8. The maximum Gasteiger partial charge on any atom is 0.326 e. The lowest BCUT2D eigenvalue weighted by Gasteiger charge is -2.15. The Kier molecular flexibility index (Phi) is 6.17. The van der Waals surface area contributed by atoms with Crippen LogP contribution in [-0.4, -0.2) is 40.4 Å². The molecular weight excluding hydrogens is 262 g/mol. The van der Waals surface area contributed by atoms with E-state index in [1.54, 1.807) is 6.20 Å². The van der Waals surface area contributed by atoms with Crippen LogP contribution in [0.15, 0.2) is 17.2 Å². The largest absolute Gasteiger partial charge is 0.480 e. The van der Waals surface area contributed by atoms with Crippen molar-refractivity contribution in [2.75, 3.05) is 19.0 Å².